The van der Waals surface area contributed by atoms with Crippen molar-refractivity contribution in [2.24, 2.45) is 0 Å². The maximum Gasteiger partial charge on any atom is 0.331 e. The van der Waals surface area contributed by atoms with E-state index in [4.69, 9.17) is 31.2 Å². The van der Waals surface area contributed by atoms with E-state index in [0.717, 1.165) is 5.56 Å². The Labute approximate surface area is 194 Å². The number of rotatable bonds is 7. The molecule has 0 spiro atoms. The number of benzene rings is 1. The second-order valence-electron chi connectivity index (χ2n) is 7.43. The van der Waals surface area contributed by atoms with E-state index in [9.17, 15) is 19.2 Å². The minimum atomic E-state index is -1.16. The van der Waals surface area contributed by atoms with E-state index in [1.54, 1.807) is 6.07 Å². The lowest BCUT2D eigenvalue weighted by molar-refractivity contribution is -0.166. The first-order valence-corrected chi connectivity index (χ1v) is 10.6. The summed E-state index contributed by atoms with van der Waals surface area (Å²) in [6.07, 6.45) is -2.96. The topological polar surface area (TPSA) is 115 Å². The van der Waals surface area contributed by atoms with Gasteiger partial charge in [0.15, 0.2) is 18.4 Å². The standard InChI is InChI=1S/C22H24N2O8S/c1-13(25)29-12-17-19(30-14(2)26)20(31-15(3)27)21(32-17)23-10-9-18(33)24(22(23)28)11-16-7-5-4-6-8-16/h4-10,17,19-21H,11-12H2,1-3H3/t17-,19-,20-,21-/m1/s1. The van der Waals surface area contributed by atoms with Crippen LogP contribution in [-0.2, 0) is 39.9 Å². The van der Waals surface area contributed by atoms with Gasteiger partial charge in [-0.25, -0.2) is 4.79 Å². The smallest absolute Gasteiger partial charge is 0.331 e. The van der Waals surface area contributed by atoms with E-state index in [1.165, 1.54) is 36.1 Å². The zero-order valence-corrected chi connectivity index (χ0v) is 19.2. The lowest BCUT2D eigenvalue weighted by Crippen LogP contribution is -2.42. The molecule has 33 heavy (non-hydrogen) atoms. The van der Waals surface area contributed by atoms with Crippen molar-refractivity contribution >= 4 is 30.1 Å². The Hall–Kier alpha value is -3.31. The molecule has 0 N–H and O–H groups in total. The van der Waals surface area contributed by atoms with Crippen LogP contribution in [-0.4, -0.2) is 52.0 Å². The normalized spacial score (nSPS) is 21.9. The monoisotopic (exact) mass is 476 g/mol. The van der Waals surface area contributed by atoms with E-state index >= 15 is 0 Å². The molecule has 176 valence electrons. The molecule has 1 aromatic carbocycles. The lowest BCUT2D eigenvalue weighted by Gasteiger charge is -2.24. The van der Waals surface area contributed by atoms with Crippen molar-refractivity contribution in [3.63, 3.8) is 0 Å². The van der Waals surface area contributed by atoms with Gasteiger partial charge in [0.2, 0.25) is 0 Å². The van der Waals surface area contributed by atoms with Gasteiger partial charge < -0.3 is 18.9 Å². The van der Waals surface area contributed by atoms with Crippen LogP contribution in [0.2, 0.25) is 0 Å². The first kappa shape index (κ1) is 24.3. The number of hydrogen-bond donors (Lipinski definition) is 0. The number of aromatic nitrogens is 2. The number of carbonyl (C=O) groups excluding carboxylic acids is 3. The van der Waals surface area contributed by atoms with Crippen LogP contribution in [0.5, 0.6) is 0 Å². The fourth-order valence-electron chi connectivity index (χ4n) is 3.55. The summed E-state index contributed by atoms with van der Waals surface area (Å²) in [5.41, 5.74) is 0.348. The number of hydrogen-bond acceptors (Lipinski definition) is 9. The average molecular weight is 477 g/mol. The summed E-state index contributed by atoms with van der Waals surface area (Å²) in [5, 5.41) is 0. The zero-order chi connectivity index (χ0) is 24.1. The molecule has 0 aliphatic carbocycles. The van der Waals surface area contributed by atoms with E-state index in [2.05, 4.69) is 0 Å². The van der Waals surface area contributed by atoms with Crippen LogP contribution in [0.3, 0.4) is 0 Å². The maximum atomic E-state index is 13.4. The number of ether oxygens (including phenoxy) is 4. The van der Waals surface area contributed by atoms with Crippen LogP contribution in [0.25, 0.3) is 0 Å². The van der Waals surface area contributed by atoms with Crippen molar-refractivity contribution in [1.82, 2.24) is 9.13 Å². The molecular formula is C22H24N2O8S. The predicted octanol–water partition coefficient (Wildman–Crippen LogP) is 1.75. The second-order valence-corrected chi connectivity index (χ2v) is 7.85. The van der Waals surface area contributed by atoms with Gasteiger partial charge in [-0.3, -0.25) is 23.5 Å². The number of carbonyl (C=O) groups is 3. The van der Waals surface area contributed by atoms with Crippen molar-refractivity contribution in [1.29, 1.82) is 0 Å². The largest absolute Gasteiger partial charge is 0.463 e. The average Bonchev–Trinajstić information content (AvgIpc) is 3.06. The second kappa shape index (κ2) is 10.5. The van der Waals surface area contributed by atoms with Gasteiger partial charge in [0.25, 0.3) is 0 Å². The molecule has 1 aliphatic heterocycles. The molecule has 1 saturated heterocycles. The number of nitrogens with zero attached hydrogens (tertiary/aromatic N) is 2. The van der Waals surface area contributed by atoms with Gasteiger partial charge in [0.1, 0.15) is 17.4 Å². The molecular weight excluding hydrogens is 452 g/mol. The van der Waals surface area contributed by atoms with Gasteiger partial charge in [0.05, 0.1) is 6.54 Å². The molecule has 10 nitrogen and oxygen atoms in total. The molecule has 1 aromatic heterocycles. The Morgan fingerprint density at radius 1 is 0.970 bits per heavy atom. The quantitative estimate of drug-likeness (QED) is 0.335. The van der Waals surface area contributed by atoms with Crippen molar-refractivity contribution in [2.75, 3.05) is 6.61 Å². The van der Waals surface area contributed by atoms with Crippen LogP contribution in [0.4, 0.5) is 0 Å². The molecule has 0 bridgehead atoms. The highest BCUT2D eigenvalue weighted by atomic mass is 32.1. The van der Waals surface area contributed by atoms with Gasteiger partial charge in [0, 0.05) is 27.0 Å². The van der Waals surface area contributed by atoms with Gasteiger partial charge in [-0.15, -0.1) is 0 Å². The third-order valence-corrected chi connectivity index (χ3v) is 5.25. The van der Waals surface area contributed by atoms with E-state index in [1.807, 2.05) is 30.3 Å². The highest BCUT2D eigenvalue weighted by Crippen LogP contribution is 2.33. The molecule has 2 heterocycles. The Kier molecular flexibility index (Phi) is 7.77. The van der Waals surface area contributed by atoms with Crippen molar-refractivity contribution in [3.05, 3.63) is 63.3 Å². The molecule has 0 unspecified atom stereocenters. The highest BCUT2D eigenvalue weighted by molar-refractivity contribution is 7.71. The van der Waals surface area contributed by atoms with Crippen molar-refractivity contribution in [3.8, 4) is 0 Å². The van der Waals surface area contributed by atoms with Gasteiger partial charge >= 0.3 is 23.6 Å². The van der Waals surface area contributed by atoms with Gasteiger partial charge in [-0.05, 0) is 11.6 Å². The maximum absolute atomic E-state index is 13.4. The van der Waals surface area contributed by atoms with Gasteiger partial charge in [-0.2, -0.15) is 0 Å². The highest BCUT2D eigenvalue weighted by Gasteiger charge is 2.51. The van der Waals surface area contributed by atoms with Crippen LogP contribution in [0, 0.1) is 4.64 Å². The Morgan fingerprint density at radius 2 is 1.61 bits per heavy atom. The van der Waals surface area contributed by atoms with Crippen LogP contribution in [0.15, 0.2) is 47.4 Å². The fourth-order valence-corrected chi connectivity index (χ4v) is 3.76. The Morgan fingerprint density at radius 3 is 2.21 bits per heavy atom. The Bertz CT molecular complexity index is 1140. The lowest BCUT2D eigenvalue weighted by atomic mass is 10.1. The molecule has 0 saturated carbocycles. The Balaban J connectivity index is 2.02. The minimum Gasteiger partial charge on any atom is -0.463 e. The summed E-state index contributed by atoms with van der Waals surface area (Å²) < 4.78 is 24.6. The molecule has 0 radical (unpaired) electrons. The molecule has 0 amide bonds. The van der Waals surface area contributed by atoms with E-state index in [0.29, 0.717) is 4.64 Å². The summed E-state index contributed by atoms with van der Waals surface area (Å²) in [6.45, 7) is 3.54. The fraction of sp³-hybridized carbons (Fsp3) is 0.409. The summed E-state index contributed by atoms with van der Waals surface area (Å²) in [5.74, 6) is -1.88. The summed E-state index contributed by atoms with van der Waals surface area (Å²) in [6, 6.07) is 10.8. The third-order valence-electron chi connectivity index (χ3n) is 4.89. The first-order chi connectivity index (χ1) is 15.7. The zero-order valence-electron chi connectivity index (χ0n) is 18.3. The predicted molar refractivity (Wildman–Crippen MR) is 117 cm³/mol. The summed E-state index contributed by atoms with van der Waals surface area (Å²) in [4.78, 5) is 48.2. The molecule has 1 aliphatic rings. The first-order valence-electron chi connectivity index (χ1n) is 10.2. The summed E-state index contributed by atoms with van der Waals surface area (Å²) >= 11 is 5.34. The van der Waals surface area contributed by atoms with Gasteiger partial charge in [-0.1, -0.05) is 42.5 Å². The minimum absolute atomic E-state index is 0.217. The van der Waals surface area contributed by atoms with Crippen LogP contribution >= 0.6 is 12.2 Å². The van der Waals surface area contributed by atoms with Crippen LogP contribution in [0.1, 0.15) is 32.6 Å². The third kappa shape index (κ3) is 5.93. The molecule has 1 fully saturated rings. The molecule has 3 rings (SSSR count). The van der Waals surface area contributed by atoms with E-state index < -0.39 is 48.1 Å². The van der Waals surface area contributed by atoms with E-state index in [-0.39, 0.29) is 13.2 Å². The number of esters is 3. The summed E-state index contributed by atoms with van der Waals surface area (Å²) in [7, 11) is 0. The van der Waals surface area contributed by atoms with Crippen molar-refractivity contribution < 1.29 is 33.3 Å². The SMILES string of the molecule is CC(=O)OC[C@H]1O[C@@H](n2ccc(=S)n(Cc3ccccc3)c2=O)[C@H](OC(C)=O)[C@@H]1OC(C)=O. The molecule has 4 atom stereocenters. The molecule has 2 aromatic rings. The van der Waals surface area contributed by atoms with Crippen molar-refractivity contribution in [2.45, 2.75) is 51.9 Å². The molecule has 11 heteroatoms. The van der Waals surface area contributed by atoms with Crippen LogP contribution < -0.4 is 5.69 Å².